The van der Waals surface area contributed by atoms with Crippen molar-refractivity contribution in [3.05, 3.63) is 48.0 Å². The Morgan fingerprint density at radius 1 is 0.938 bits per heavy atom. The molecule has 0 saturated carbocycles. The fourth-order valence-electron chi connectivity index (χ4n) is 3.32. The second-order valence-electron chi connectivity index (χ2n) is 6.76. The highest BCUT2D eigenvalue weighted by atomic mass is 32.2. The Bertz CT molecular complexity index is 1070. The van der Waals surface area contributed by atoms with Gasteiger partial charge in [0.1, 0.15) is 5.75 Å². The molecule has 174 valence electrons. The lowest BCUT2D eigenvalue weighted by atomic mass is 10.1. The van der Waals surface area contributed by atoms with Crippen LogP contribution in [0.25, 0.3) is 0 Å². The third kappa shape index (κ3) is 5.07. The number of carbonyl (C=O) groups is 1. The Labute approximate surface area is 183 Å². The van der Waals surface area contributed by atoms with Gasteiger partial charge in [-0.1, -0.05) is 6.07 Å². The Balaban J connectivity index is 1.69. The van der Waals surface area contributed by atoms with Crippen LogP contribution in [-0.2, 0) is 10.0 Å². The minimum atomic E-state index is -4.87. The Morgan fingerprint density at radius 2 is 1.56 bits per heavy atom. The molecule has 0 atom stereocenters. The quantitative estimate of drug-likeness (QED) is 0.640. The molecule has 12 heteroatoms. The molecule has 0 N–H and O–H groups in total. The first-order valence-corrected chi connectivity index (χ1v) is 10.9. The van der Waals surface area contributed by atoms with E-state index in [2.05, 4.69) is 4.74 Å². The molecule has 0 spiro atoms. The van der Waals surface area contributed by atoms with Crippen molar-refractivity contribution in [1.82, 2.24) is 9.21 Å². The maximum atomic E-state index is 12.9. The van der Waals surface area contributed by atoms with Gasteiger partial charge in [0.25, 0.3) is 5.91 Å². The fourth-order valence-corrected chi connectivity index (χ4v) is 4.74. The molecule has 8 nitrogen and oxygen atoms in total. The van der Waals surface area contributed by atoms with E-state index in [0.29, 0.717) is 11.3 Å². The van der Waals surface area contributed by atoms with Crippen molar-refractivity contribution < 1.29 is 40.6 Å². The van der Waals surface area contributed by atoms with Crippen molar-refractivity contribution >= 4 is 15.9 Å². The number of piperazine rings is 1. The van der Waals surface area contributed by atoms with Crippen LogP contribution in [0, 0.1) is 0 Å². The van der Waals surface area contributed by atoms with Crippen LogP contribution >= 0.6 is 0 Å². The van der Waals surface area contributed by atoms with Crippen LogP contribution in [0.5, 0.6) is 17.2 Å². The molecule has 1 saturated heterocycles. The maximum absolute atomic E-state index is 12.9. The van der Waals surface area contributed by atoms with Crippen LogP contribution < -0.4 is 14.2 Å². The summed E-state index contributed by atoms with van der Waals surface area (Å²) < 4.78 is 78.0. The number of hydrogen-bond donors (Lipinski definition) is 0. The average molecular weight is 474 g/mol. The molecule has 3 rings (SSSR count). The molecule has 1 fully saturated rings. The summed E-state index contributed by atoms with van der Waals surface area (Å²) in [6.45, 7) is 0.323. The van der Waals surface area contributed by atoms with E-state index < -0.39 is 22.1 Å². The van der Waals surface area contributed by atoms with Gasteiger partial charge in [-0.2, -0.15) is 4.31 Å². The minimum absolute atomic E-state index is 0.0289. The van der Waals surface area contributed by atoms with Crippen molar-refractivity contribution in [3.8, 4) is 17.2 Å². The van der Waals surface area contributed by atoms with Crippen LogP contribution in [0.2, 0.25) is 0 Å². The fraction of sp³-hybridized carbons (Fsp3) is 0.350. The van der Waals surface area contributed by atoms with Gasteiger partial charge < -0.3 is 19.1 Å². The van der Waals surface area contributed by atoms with Crippen LogP contribution in [-0.4, -0.2) is 70.3 Å². The molecule has 0 unspecified atom stereocenters. The summed E-state index contributed by atoms with van der Waals surface area (Å²) in [4.78, 5) is 14.3. The molecule has 1 aliphatic rings. The molecule has 2 aromatic rings. The van der Waals surface area contributed by atoms with E-state index in [0.717, 1.165) is 24.3 Å². The molecule has 0 aliphatic carbocycles. The zero-order valence-electron chi connectivity index (χ0n) is 17.3. The number of halogens is 3. The number of nitrogens with zero attached hydrogens (tertiary/aromatic N) is 2. The van der Waals surface area contributed by atoms with Gasteiger partial charge >= 0.3 is 6.36 Å². The van der Waals surface area contributed by atoms with Gasteiger partial charge in [-0.25, -0.2) is 8.42 Å². The van der Waals surface area contributed by atoms with Gasteiger partial charge in [-0.3, -0.25) is 4.79 Å². The normalized spacial score (nSPS) is 15.3. The van der Waals surface area contributed by atoms with Crippen LogP contribution in [0.4, 0.5) is 13.2 Å². The monoisotopic (exact) mass is 474 g/mol. The topological polar surface area (TPSA) is 85.4 Å². The molecule has 1 aliphatic heterocycles. The van der Waals surface area contributed by atoms with Gasteiger partial charge in [0.2, 0.25) is 10.0 Å². The molecule has 1 amide bonds. The Morgan fingerprint density at radius 3 is 2.09 bits per heavy atom. The first kappa shape index (κ1) is 23.7. The first-order valence-electron chi connectivity index (χ1n) is 9.43. The molecule has 0 aromatic heterocycles. The standard InChI is InChI=1S/C20H21F3N2O6S/c1-29-17-5-3-4-16(18(17)30-2)19(26)24-10-12-25(13-11-24)32(27,28)15-8-6-14(7-9-15)31-20(21,22)23/h3-9H,10-13H2,1-2H3. The molecular formula is C20H21F3N2O6S. The summed E-state index contributed by atoms with van der Waals surface area (Å²) in [7, 11) is -1.07. The predicted octanol–water partition coefficient (Wildman–Crippen LogP) is 2.75. The summed E-state index contributed by atoms with van der Waals surface area (Å²) >= 11 is 0. The first-order chi connectivity index (χ1) is 15.1. The number of para-hydroxylation sites is 1. The predicted molar refractivity (Wildman–Crippen MR) is 107 cm³/mol. The average Bonchev–Trinajstić information content (AvgIpc) is 2.77. The van der Waals surface area contributed by atoms with E-state index in [4.69, 9.17) is 9.47 Å². The zero-order valence-corrected chi connectivity index (χ0v) is 18.1. The van der Waals surface area contributed by atoms with Crippen molar-refractivity contribution in [2.24, 2.45) is 0 Å². The summed E-state index contributed by atoms with van der Waals surface area (Å²) in [5.74, 6) is -0.153. The summed E-state index contributed by atoms with van der Waals surface area (Å²) in [5.41, 5.74) is 0.295. The molecule has 32 heavy (non-hydrogen) atoms. The number of amides is 1. The van der Waals surface area contributed by atoms with E-state index in [1.165, 1.54) is 23.4 Å². The van der Waals surface area contributed by atoms with E-state index in [1.807, 2.05) is 0 Å². The van der Waals surface area contributed by atoms with Gasteiger partial charge in [0, 0.05) is 26.2 Å². The van der Waals surface area contributed by atoms with Gasteiger partial charge in [-0.15, -0.1) is 13.2 Å². The van der Waals surface area contributed by atoms with Crippen molar-refractivity contribution in [3.63, 3.8) is 0 Å². The summed E-state index contributed by atoms with van der Waals surface area (Å²) in [6.07, 6.45) is -4.87. The summed E-state index contributed by atoms with van der Waals surface area (Å²) in [5, 5.41) is 0. The number of sulfonamides is 1. The smallest absolute Gasteiger partial charge is 0.493 e. The lowest BCUT2D eigenvalue weighted by Gasteiger charge is -2.34. The highest BCUT2D eigenvalue weighted by molar-refractivity contribution is 7.89. The van der Waals surface area contributed by atoms with E-state index in [-0.39, 0.29) is 42.7 Å². The van der Waals surface area contributed by atoms with Gasteiger partial charge in [0.15, 0.2) is 11.5 Å². The highest BCUT2D eigenvalue weighted by Gasteiger charge is 2.33. The van der Waals surface area contributed by atoms with Crippen molar-refractivity contribution in [2.45, 2.75) is 11.3 Å². The third-order valence-electron chi connectivity index (χ3n) is 4.85. The van der Waals surface area contributed by atoms with E-state index >= 15 is 0 Å². The maximum Gasteiger partial charge on any atom is 0.573 e. The van der Waals surface area contributed by atoms with E-state index in [9.17, 15) is 26.4 Å². The second kappa shape index (κ2) is 9.25. The number of hydrogen-bond acceptors (Lipinski definition) is 6. The van der Waals surface area contributed by atoms with Crippen LogP contribution in [0.15, 0.2) is 47.4 Å². The third-order valence-corrected chi connectivity index (χ3v) is 6.77. The largest absolute Gasteiger partial charge is 0.573 e. The SMILES string of the molecule is COc1cccc(C(=O)N2CCN(S(=O)(=O)c3ccc(OC(F)(F)F)cc3)CC2)c1OC. The lowest BCUT2D eigenvalue weighted by molar-refractivity contribution is -0.274. The number of carbonyl (C=O) groups excluding carboxylic acids is 1. The van der Waals surface area contributed by atoms with Crippen LogP contribution in [0.3, 0.4) is 0 Å². The van der Waals surface area contributed by atoms with Crippen molar-refractivity contribution in [2.75, 3.05) is 40.4 Å². The van der Waals surface area contributed by atoms with Crippen LogP contribution in [0.1, 0.15) is 10.4 Å². The second-order valence-corrected chi connectivity index (χ2v) is 8.69. The Kier molecular flexibility index (Phi) is 6.84. The number of alkyl halides is 3. The zero-order chi connectivity index (χ0) is 23.5. The molecule has 0 radical (unpaired) electrons. The number of rotatable bonds is 6. The van der Waals surface area contributed by atoms with E-state index in [1.54, 1.807) is 18.2 Å². The molecule has 0 bridgehead atoms. The van der Waals surface area contributed by atoms with Crippen molar-refractivity contribution in [1.29, 1.82) is 0 Å². The lowest BCUT2D eigenvalue weighted by Crippen LogP contribution is -2.50. The highest BCUT2D eigenvalue weighted by Crippen LogP contribution is 2.32. The number of methoxy groups -OCH3 is 2. The Hall–Kier alpha value is -2.99. The van der Waals surface area contributed by atoms with Gasteiger partial charge in [0.05, 0.1) is 24.7 Å². The molecule has 2 aromatic carbocycles. The van der Waals surface area contributed by atoms with Gasteiger partial charge in [-0.05, 0) is 36.4 Å². The number of benzene rings is 2. The number of ether oxygens (including phenoxy) is 3. The minimum Gasteiger partial charge on any atom is -0.493 e. The molecular weight excluding hydrogens is 453 g/mol. The summed E-state index contributed by atoms with van der Waals surface area (Å²) in [6, 6.07) is 8.89. The molecule has 1 heterocycles.